The molecule has 1 aromatic heterocycles. The number of rotatable bonds is 5. The lowest BCUT2D eigenvalue weighted by molar-refractivity contribution is 0.0653. The summed E-state index contributed by atoms with van der Waals surface area (Å²) < 4.78 is 28.8. The highest BCUT2D eigenvalue weighted by molar-refractivity contribution is 7.92. The third kappa shape index (κ3) is 2.89. The Morgan fingerprint density at radius 3 is 2.75 bits per heavy atom. The zero-order valence-corrected chi connectivity index (χ0v) is 14.3. The molecule has 0 spiro atoms. The molecule has 0 bridgehead atoms. The topological polar surface area (TPSA) is 92.4 Å². The molecule has 1 aliphatic rings. The van der Waals surface area contributed by atoms with Crippen LogP contribution in [0.15, 0.2) is 30.3 Å². The van der Waals surface area contributed by atoms with E-state index >= 15 is 0 Å². The predicted molar refractivity (Wildman–Crippen MR) is 89.7 cm³/mol. The highest BCUT2D eigenvalue weighted by atomic mass is 32.2. The van der Waals surface area contributed by atoms with Gasteiger partial charge in [-0.15, -0.1) is 0 Å². The van der Waals surface area contributed by atoms with Crippen molar-refractivity contribution in [1.82, 2.24) is 15.1 Å². The van der Waals surface area contributed by atoms with E-state index < -0.39 is 15.1 Å². The first-order valence-corrected chi connectivity index (χ1v) is 9.37. The lowest BCUT2D eigenvalue weighted by Crippen LogP contribution is -2.57. The fraction of sp³-hybridized carbons (Fsp3) is 0.375. The SMILES string of the molecule is CCS(=O)(=O)C1CN(C(=O)c2cc(-c3ccccc3OC)n[nH]2)C1. The van der Waals surface area contributed by atoms with Gasteiger partial charge < -0.3 is 9.64 Å². The van der Waals surface area contributed by atoms with Gasteiger partial charge in [-0.25, -0.2) is 8.42 Å². The van der Waals surface area contributed by atoms with E-state index in [-0.39, 0.29) is 24.7 Å². The summed E-state index contributed by atoms with van der Waals surface area (Å²) in [7, 11) is -1.52. The smallest absolute Gasteiger partial charge is 0.271 e. The average Bonchev–Trinajstić information content (AvgIpc) is 3.03. The van der Waals surface area contributed by atoms with E-state index in [1.165, 1.54) is 4.90 Å². The summed E-state index contributed by atoms with van der Waals surface area (Å²) in [6.45, 7) is 2.09. The summed E-state index contributed by atoms with van der Waals surface area (Å²) in [6.07, 6.45) is 0. The summed E-state index contributed by atoms with van der Waals surface area (Å²) in [5.74, 6) is 0.522. The second-order valence-corrected chi connectivity index (χ2v) is 8.22. The number of H-pyrrole nitrogens is 1. The van der Waals surface area contributed by atoms with Gasteiger partial charge in [0.2, 0.25) is 0 Å². The quantitative estimate of drug-likeness (QED) is 0.879. The molecular formula is C16H19N3O4S. The molecule has 1 amide bonds. The summed E-state index contributed by atoms with van der Waals surface area (Å²) in [4.78, 5) is 13.9. The van der Waals surface area contributed by atoms with Crippen LogP contribution >= 0.6 is 0 Å². The maximum atomic E-state index is 12.4. The van der Waals surface area contributed by atoms with Crippen LogP contribution in [0.5, 0.6) is 5.75 Å². The molecule has 2 heterocycles. The molecular weight excluding hydrogens is 330 g/mol. The van der Waals surface area contributed by atoms with Gasteiger partial charge in [-0.05, 0) is 18.2 Å². The lowest BCUT2D eigenvalue weighted by Gasteiger charge is -2.38. The first-order chi connectivity index (χ1) is 11.5. The number of nitrogens with one attached hydrogen (secondary N) is 1. The molecule has 1 saturated heterocycles. The Kier molecular flexibility index (Phi) is 4.31. The minimum absolute atomic E-state index is 0.0989. The van der Waals surface area contributed by atoms with Gasteiger partial charge in [0.05, 0.1) is 18.1 Å². The van der Waals surface area contributed by atoms with Crippen LogP contribution in [0, 0.1) is 0 Å². The number of carbonyl (C=O) groups excluding carboxylic acids is 1. The third-order valence-electron chi connectivity index (χ3n) is 4.24. The number of hydrogen-bond donors (Lipinski definition) is 1. The molecule has 1 N–H and O–H groups in total. The Hall–Kier alpha value is -2.35. The normalized spacial score (nSPS) is 15.2. The third-order valence-corrected chi connectivity index (χ3v) is 6.36. The van der Waals surface area contributed by atoms with Gasteiger partial charge in [0.15, 0.2) is 9.84 Å². The average molecular weight is 349 g/mol. The fourth-order valence-corrected chi connectivity index (χ4v) is 3.95. The van der Waals surface area contributed by atoms with E-state index in [0.717, 1.165) is 5.56 Å². The number of carbonyl (C=O) groups is 1. The first-order valence-electron chi connectivity index (χ1n) is 7.66. The second-order valence-electron chi connectivity index (χ2n) is 5.65. The van der Waals surface area contributed by atoms with Crippen molar-refractivity contribution in [1.29, 1.82) is 0 Å². The van der Waals surface area contributed by atoms with Gasteiger partial charge in [-0.2, -0.15) is 5.10 Å². The van der Waals surface area contributed by atoms with Crippen LogP contribution in [-0.2, 0) is 9.84 Å². The van der Waals surface area contributed by atoms with Gasteiger partial charge in [-0.1, -0.05) is 19.1 Å². The van der Waals surface area contributed by atoms with E-state index in [1.807, 2.05) is 24.3 Å². The maximum Gasteiger partial charge on any atom is 0.271 e. The fourth-order valence-electron chi connectivity index (χ4n) is 2.66. The van der Waals surface area contributed by atoms with Gasteiger partial charge in [-0.3, -0.25) is 9.89 Å². The molecule has 24 heavy (non-hydrogen) atoms. The molecule has 7 nitrogen and oxygen atoms in total. The standard InChI is InChI=1S/C16H19N3O4S/c1-3-24(21,22)11-9-19(10-11)16(20)14-8-13(17-18-14)12-6-4-5-7-15(12)23-2/h4-8,11H,3,9-10H2,1-2H3,(H,17,18). The van der Waals surface area contributed by atoms with Crippen LogP contribution in [0.4, 0.5) is 0 Å². The molecule has 8 heteroatoms. The van der Waals surface area contributed by atoms with Gasteiger partial charge >= 0.3 is 0 Å². The van der Waals surface area contributed by atoms with E-state index in [4.69, 9.17) is 4.74 Å². The lowest BCUT2D eigenvalue weighted by atomic mass is 10.1. The van der Waals surface area contributed by atoms with Crippen molar-refractivity contribution in [3.63, 3.8) is 0 Å². The molecule has 3 rings (SSSR count). The van der Waals surface area contributed by atoms with Crippen LogP contribution in [-0.4, -0.2) is 60.6 Å². The molecule has 0 radical (unpaired) electrons. The number of ether oxygens (including phenoxy) is 1. The van der Waals surface area contributed by atoms with Crippen molar-refractivity contribution in [2.45, 2.75) is 12.2 Å². The van der Waals surface area contributed by atoms with Crippen molar-refractivity contribution in [3.8, 4) is 17.0 Å². The van der Waals surface area contributed by atoms with Crippen molar-refractivity contribution < 1.29 is 17.9 Å². The predicted octanol–water partition coefficient (Wildman–Crippen LogP) is 1.34. The number of aromatic amines is 1. The van der Waals surface area contributed by atoms with E-state index in [2.05, 4.69) is 10.2 Å². The molecule has 1 aromatic carbocycles. The number of methoxy groups -OCH3 is 1. The highest BCUT2D eigenvalue weighted by Crippen LogP contribution is 2.29. The number of benzene rings is 1. The number of para-hydroxylation sites is 1. The van der Waals surface area contributed by atoms with Gasteiger partial charge in [0.25, 0.3) is 5.91 Å². The molecule has 0 unspecified atom stereocenters. The van der Waals surface area contributed by atoms with Crippen LogP contribution in [0.25, 0.3) is 11.3 Å². The Balaban J connectivity index is 1.74. The molecule has 2 aromatic rings. The number of hydrogen-bond acceptors (Lipinski definition) is 5. The van der Waals surface area contributed by atoms with E-state index in [1.54, 1.807) is 20.1 Å². The minimum atomic E-state index is -3.09. The van der Waals surface area contributed by atoms with Gasteiger partial charge in [0, 0.05) is 24.4 Å². The summed E-state index contributed by atoms with van der Waals surface area (Å²) in [6, 6.07) is 9.05. The Morgan fingerprint density at radius 1 is 1.38 bits per heavy atom. The Morgan fingerprint density at radius 2 is 2.08 bits per heavy atom. The first kappa shape index (κ1) is 16.5. The second kappa shape index (κ2) is 6.27. The van der Waals surface area contributed by atoms with Crippen LogP contribution in [0.1, 0.15) is 17.4 Å². The molecule has 1 aliphatic heterocycles. The highest BCUT2D eigenvalue weighted by Gasteiger charge is 2.39. The Labute approximate surface area is 140 Å². The van der Waals surface area contributed by atoms with Gasteiger partial charge in [0.1, 0.15) is 11.4 Å². The van der Waals surface area contributed by atoms with Crippen molar-refractivity contribution in [3.05, 3.63) is 36.0 Å². The van der Waals surface area contributed by atoms with Crippen LogP contribution in [0.3, 0.4) is 0 Å². The zero-order chi connectivity index (χ0) is 17.3. The van der Waals surface area contributed by atoms with E-state index in [9.17, 15) is 13.2 Å². The van der Waals surface area contributed by atoms with Crippen molar-refractivity contribution in [2.75, 3.05) is 26.0 Å². The summed E-state index contributed by atoms with van der Waals surface area (Å²) in [5, 5.41) is 6.44. The maximum absolute atomic E-state index is 12.4. The number of nitrogens with zero attached hydrogens (tertiary/aromatic N) is 2. The molecule has 0 saturated carbocycles. The van der Waals surface area contributed by atoms with Crippen LogP contribution < -0.4 is 4.74 Å². The molecule has 0 atom stereocenters. The summed E-state index contributed by atoms with van der Waals surface area (Å²) >= 11 is 0. The number of likely N-dealkylation sites (tertiary alicyclic amines) is 1. The summed E-state index contributed by atoms with van der Waals surface area (Å²) in [5.41, 5.74) is 1.72. The molecule has 128 valence electrons. The number of amides is 1. The number of aromatic nitrogens is 2. The molecule has 1 fully saturated rings. The van der Waals surface area contributed by atoms with E-state index in [0.29, 0.717) is 17.1 Å². The molecule has 0 aliphatic carbocycles. The Bertz CT molecular complexity index is 854. The van der Waals surface area contributed by atoms with Crippen LogP contribution in [0.2, 0.25) is 0 Å². The minimum Gasteiger partial charge on any atom is -0.496 e. The van der Waals surface area contributed by atoms with Crippen molar-refractivity contribution in [2.24, 2.45) is 0 Å². The zero-order valence-electron chi connectivity index (χ0n) is 13.5. The number of sulfone groups is 1. The van der Waals surface area contributed by atoms with Crippen molar-refractivity contribution >= 4 is 15.7 Å². The largest absolute Gasteiger partial charge is 0.496 e. The monoisotopic (exact) mass is 349 g/mol.